The summed E-state index contributed by atoms with van der Waals surface area (Å²) in [5.41, 5.74) is 0.618. The van der Waals surface area contributed by atoms with Crippen LogP contribution in [0.5, 0.6) is 11.5 Å². The number of rotatable bonds is 9. The average Bonchev–Trinajstić information content (AvgIpc) is 2.68. The lowest BCUT2D eigenvalue weighted by Gasteiger charge is -2.26. The molecular formula is C19H29N3O5. The molecule has 1 heterocycles. The second-order valence-corrected chi connectivity index (χ2v) is 6.26. The summed E-state index contributed by atoms with van der Waals surface area (Å²) in [5.74, 6) is 0.929. The van der Waals surface area contributed by atoms with Gasteiger partial charge in [-0.05, 0) is 12.1 Å². The van der Waals surface area contributed by atoms with Crippen molar-refractivity contribution in [2.24, 2.45) is 0 Å². The third-order valence-electron chi connectivity index (χ3n) is 4.47. The van der Waals surface area contributed by atoms with Crippen LogP contribution in [0.25, 0.3) is 0 Å². The smallest absolute Gasteiger partial charge is 0.223 e. The lowest BCUT2D eigenvalue weighted by molar-refractivity contribution is -0.121. The van der Waals surface area contributed by atoms with E-state index in [1.165, 1.54) is 14.0 Å². The monoisotopic (exact) mass is 379 g/mol. The highest BCUT2D eigenvalue weighted by molar-refractivity contribution is 5.94. The summed E-state index contributed by atoms with van der Waals surface area (Å²) in [6.45, 7) is 6.41. The number of carbonyl (C=O) groups excluding carboxylic acids is 2. The second kappa shape index (κ2) is 10.7. The quantitative estimate of drug-likeness (QED) is 0.687. The van der Waals surface area contributed by atoms with Crippen LogP contribution in [0.4, 0.5) is 5.69 Å². The van der Waals surface area contributed by atoms with Crippen LogP contribution >= 0.6 is 0 Å². The topological polar surface area (TPSA) is 80.3 Å². The van der Waals surface area contributed by atoms with Crippen molar-refractivity contribution in [2.75, 3.05) is 65.1 Å². The minimum absolute atomic E-state index is 0.0815. The van der Waals surface area contributed by atoms with Gasteiger partial charge in [-0.2, -0.15) is 0 Å². The summed E-state index contributed by atoms with van der Waals surface area (Å²) in [6, 6.07) is 5.24. The van der Waals surface area contributed by atoms with E-state index in [2.05, 4.69) is 10.2 Å². The highest BCUT2D eigenvalue weighted by Gasteiger charge is 2.18. The molecule has 1 fully saturated rings. The molecule has 0 saturated carbocycles. The lowest BCUT2D eigenvalue weighted by atomic mass is 10.2. The summed E-state index contributed by atoms with van der Waals surface area (Å²) in [6.07, 6.45) is 0.220. The van der Waals surface area contributed by atoms with Gasteiger partial charge < -0.3 is 24.4 Å². The highest BCUT2D eigenvalue weighted by Crippen LogP contribution is 2.32. The standard InChI is InChI=1S/C19H29N3O5/c1-15(23)22(17-5-4-16(25-2)14-18(17)26-3)8-6-19(24)20-7-9-21-10-12-27-13-11-21/h4-5,14H,6-13H2,1-3H3,(H,20,24). The zero-order valence-corrected chi connectivity index (χ0v) is 16.3. The molecule has 0 aliphatic carbocycles. The average molecular weight is 379 g/mol. The Balaban J connectivity index is 1.86. The van der Waals surface area contributed by atoms with Crippen LogP contribution in [-0.4, -0.2) is 76.9 Å². The molecule has 0 unspecified atom stereocenters. The molecule has 0 spiro atoms. The van der Waals surface area contributed by atoms with Gasteiger partial charge in [0.05, 0.1) is 33.1 Å². The Hall–Kier alpha value is -2.32. The van der Waals surface area contributed by atoms with E-state index in [1.807, 2.05) is 0 Å². The van der Waals surface area contributed by atoms with Crippen LogP contribution in [0.2, 0.25) is 0 Å². The van der Waals surface area contributed by atoms with Crippen LogP contribution in [0.15, 0.2) is 18.2 Å². The van der Waals surface area contributed by atoms with Gasteiger partial charge in [-0.25, -0.2) is 0 Å². The summed E-state index contributed by atoms with van der Waals surface area (Å²) < 4.78 is 15.9. The Morgan fingerprint density at radius 3 is 2.59 bits per heavy atom. The van der Waals surface area contributed by atoms with Gasteiger partial charge in [0.2, 0.25) is 11.8 Å². The number of carbonyl (C=O) groups is 2. The van der Waals surface area contributed by atoms with Crippen molar-refractivity contribution in [2.45, 2.75) is 13.3 Å². The van der Waals surface area contributed by atoms with Crippen LogP contribution < -0.4 is 19.7 Å². The van der Waals surface area contributed by atoms with E-state index in [0.717, 1.165) is 32.8 Å². The normalized spacial score (nSPS) is 14.5. The van der Waals surface area contributed by atoms with E-state index in [1.54, 1.807) is 30.2 Å². The maximum Gasteiger partial charge on any atom is 0.223 e. The van der Waals surface area contributed by atoms with Gasteiger partial charge in [-0.15, -0.1) is 0 Å². The predicted octanol–water partition coefficient (Wildman–Crippen LogP) is 0.895. The molecular weight excluding hydrogens is 350 g/mol. The van der Waals surface area contributed by atoms with Crippen LogP contribution in [-0.2, 0) is 14.3 Å². The number of nitrogens with one attached hydrogen (secondary N) is 1. The van der Waals surface area contributed by atoms with Crippen molar-refractivity contribution in [3.63, 3.8) is 0 Å². The Bertz CT molecular complexity index is 632. The first kappa shape index (κ1) is 21.0. The number of hydrogen-bond acceptors (Lipinski definition) is 6. The third kappa shape index (κ3) is 6.41. The molecule has 1 aromatic rings. The molecule has 8 nitrogen and oxygen atoms in total. The number of ether oxygens (including phenoxy) is 3. The summed E-state index contributed by atoms with van der Waals surface area (Å²) in [4.78, 5) is 28.0. The number of methoxy groups -OCH3 is 2. The van der Waals surface area contributed by atoms with Gasteiger partial charge in [0.1, 0.15) is 11.5 Å². The summed E-state index contributed by atoms with van der Waals surface area (Å²) in [7, 11) is 3.10. The molecule has 0 bridgehead atoms. The molecule has 1 N–H and O–H groups in total. The first-order valence-electron chi connectivity index (χ1n) is 9.12. The fraction of sp³-hybridized carbons (Fsp3) is 0.579. The molecule has 1 saturated heterocycles. The fourth-order valence-corrected chi connectivity index (χ4v) is 2.94. The minimum atomic E-state index is -0.153. The van der Waals surface area contributed by atoms with E-state index in [9.17, 15) is 9.59 Å². The van der Waals surface area contributed by atoms with Crippen LogP contribution in [0.3, 0.4) is 0 Å². The predicted molar refractivity (Wildman–Crippen MR) is 102 cm³/mol. The molecule has 27 heavy (non-hydrogen) atoms. The first-order chi connectivity index (χ1) is 13.0. The van der Waals surface area contributed by atoms with Gasteiger partial charge in [0.15, 0.2) is 0 Å². The van der Waals surface area contributed by atoms with Gasteiger partial charge >= 0.3 is 0 Å². The lowest BCUT2D eigenvalue weighted by Crippen LogP contribution is -2.42. The number of amides is 2. The molecule has 1 aromatic carbocycles. The summed E-state index contributed by atoms with van der Waals surface area (Å²) in [5, 5.41) is 2.91. The van der Waals surface area contributed by atoms with Crippen molar-refractivity contribution >= 4 is 17.5 Å². The number of morpholine rings is 1. The first-order valence-corrected chi connectivity index (χ1v) is 9.12. The molecule has 8 heteroatoms. The maximum absolute atomic E-state index is 12.2. The summed E-state index contributed by atoms with van der Waals surface area (Å²) >= 11 is 0. The van der Waals surface area contributed by atoms with Crippen molar-refractivity contribution in [1.29, 1.82) is 0 Å². The molecule has 0 atom stereocenters. The van der Waals surface area contributed by atoms with E-state index in [4.69, 9.17) is 14.2 Å². The van der Waals surface area contributed by atoms with E-state index >= 15 is 0 Å². The Morgan fingerprint density at radius 2 is 1.96 bits per heavy atom. The van der Waals surface area contributed by atoms with Crippen LogP contribution in [0, 0.1) is 0 Å². The fourth-order valence-electron chi connectivity index (χ4n) is 2.94. The van der Waals surface area contributed by atoms with E-state index < -0.39 is 0 Å². The number of benzene rings is 1. The molecule has 0 aromatic heterocycles. The van der Waals surface area contributed by atoms with E-state index in [-0.39, 0.29) is 24.8 Å². The Kier molecular flexibility index (Phi) is 8.35. The van der Waals surface area contributed by atoms with Gasteiger partial charge in [0.25, 0.3) is 0 Å². The Morgan fingerprint density at radius 1 is 1.22 bits per heavy atom. The van der Waals surface area contributed by atoms with Crippen molar-refractivity contribution in [3.05, 3.63) is 18.2 Å². The number of nitrogens with zero attached hydrogens (tertiary/aromatic N) is 2. The maximum atomic E-state index is 12.2. The molecule has 150 valence electrons. The van der Waals surface area contributed by atoms with Gasteiger partial charge in [-0.3, -0.25) is 14.5 Å². The zero-order valence-electron chi connectivity index (χ0n) is 16.3. The minimum Gasteiger partial charge on any atom is -0.497 e. The van der Waals surface area contributed by atoms with Gasteiger partial charge in [0, 0.05) is 52.1 Å². The van der Waals surface area contributed by atoms with Gasteiger partial charge in [-0.1, -0.05) is 0 Å². The SMILES string of the molecule is COc1ccc(N(CCC(=O)NCCN2CCOCC2)C(C)=O)c(OC)c1. The number of hydrogen-bond donors (Lipinski definition) is 1. The van der Waals surface area contributed by atoms with Crippen molar-refractivity contribution < 1.29 is 23.8 Å². The molecule has 2 rings (SSSR count). The van der Waals surface area contributed by atoms with Crippen LogP contribution in [0.1, 0.15) is 13.3 Å². The van der Waals surface area contributed by atoms with E-state index in [0.29, 0.717) is 23.7 Å². The Labute approximate surface area is 160 Å². The number of anilines is 1. The van der Waals surface area contributed by atoms with Crippen molar-refractivity contribution in [1.82, 2.24) is 10.2 Å². The zero-order chi connectivity index (χ0) is 19.6. The molecule has 1 aliphatic rings. The second-order valence-electron chi connectivity index (χ2n) is 6.26. The molecule has 1 aliphatic heterocycles. The highest BCUT2D eigenvalue weighted by atomic mass is 16.5. The third-order valence-corrected chi connectivity index (χ3v) is 4.47. The van der Waals surface area contributed by atoms with Crippen molar-refractivity contribution in [3.8, 4) is 11.5 Å². The largest absolute Gasteiger partial charge is 0.497 e. The molecule has 2 amide bonds. The molecule has 0 radical (unpaired) electrons.